The highest BCUT2D eigenvalue weighted by Gasteiger charge is 2.27. The van der Waals surface area contributed by atoms with E-state index in [-0.39, 0.29) is 6.04 Å². The Hall–Kier alpha value is -0.770. The van der Waals surface area contributed by atoms with Gasteiger partial charge in [0, 0.05) is 0 Å². The van der Waals surface area contributed by atoms with Crippen LogP contribution in [-0.2, 0) is 4.74 Å². The van der Waals surface area contributed by atoms with Crippen LogP contribution in [0.15, 0.2) is 0 Å². The molecule has 1 aliphatic carbocycles. The van der Waals surface area contributed by atoms with Gasteiger partial charge in [-0.25, -0.2) is 15.6 Å². The standard InChI is InChI=1S/C10H20N2O2/c1-10(2,3)14-9(13)12(11)8-6-4-5-7-8/h8H,4-7,11H2,1-3H3. The summed E-state index contributed by atoms with van der Waals surface area (Å²) in [6.45, 7) is 5.52. The van der Waals surface area contributed by atoms with Crippen molar-refractivity contribution < 1.29 is 9.53 Å². The van der Waals surface area contributed by atoms with Crippen LogP contribution in [0.25, 0.3) is 0 Å². The number of carbonyl (C=O) groups is 1. The van der Waals surface area contributed by atoms with Gasteiger partial charge < -0.3 is 4.74 Å². The molecule has 0 heterocycles. The third kappa shape index (κ3) is 3.18. The molecule has 1 fully saturated rings. The molecule has 2 N–H and O–H groups in total. The molecule has 1 saturated carbocycles. The van der Waals surface area contributed by atoms with E-state index in [9.17, 15) is 4.79 Å². The summed E-state index contributed by atoms with van der Waals surface area (Å²) in [6.07, 6.45) is 3.89. The van der Waals surface area contributed by atoms with E-state index in [1.165, 1.54) is 5.01 Å². The number of amides is 1. The van der Waals surface area contributed by atoms with Crippen LogP contribution in [0.1, 0.15) is 46.5 Å². The van der Waals surface area contributed by atoms with Crippen molar-refractivity contribution in [3.63, 3.8) is 0 Å². The van der Waals surface area contributed by atoms with E-state index in [2.05, 4.69) is 0 Å². The Labute approximate surface area is 85.4 Å². The fourth-order valence-corrected chi connectivity index (χ4v) is 1.65. The largest absolute Gasteiger partial charge is 0.443 e. The number of nitrogens with two attached hydrogens (primary N) is 1. The predicted octanol–water partition coefficient (Wildman–Crippen LogP) is 2.04. The second-order valence-electron chi connectivity index (χ2n) is 4.83. The lowest BCUT2D eigenvalue weighted by Gasteiger charge is -2.27. The van der Waals surface area contributed by atoms with Gasteiger partial charge in [0.15, 0.2) is 0 Å². The lowest BCUT2D eigenvalue weighted by molar-refractivity contribution is 0.0163. The Kier molecular flexibility index (Phi) is 3.37. The van der Waals surface area contributed by atoms with E-state index >= 15 is 0 Å². The number of ether oxygens (including phenoxy) is 1. The SMILES string of the molecule is CC(C)(C)OC(=O)N(N)C1CCCC1. The van der Waals surface area contributed by atoms with Crippen LogP contribution >= 0.6 is 0 Å². The Morgan fingerprint density at radius 2 is 1.86 bits per heavy atom. The monoisotopic (exact) mass is 200 g/mol. The van der Waals surface area contributed by atoms with Gasteiger partial charge in [-0.1, -0.05) is 12.8 Å². The number of rotatable bonds is 1. The Morgan fingerprint density at radius 3 is 2.29 bits per heavy atom. The van der Waals surface area contributed by atoms with Crippen molar-refractivity contribution >= 4 is 6.09 Å². The first kappa shape index (κ1) is 11.3. The zero-order chi connectivity index (χ0) is 10.8. The topological polar surface area (TPSA) is 55.6 Å². The summed E-state index contributed by atoms with van der Waals surface area (Å²) in [5.74, 6) is 5.69. The van der Waals surface area contributed by atoms with E-state index in [1.54, 1.807) is 0 Å². The average Bonchev–Trinajstić information content (AvgIpc) is 2.51. The first-order chi connectivity index (χ1) is 6.40. The maximum absolute atomic E-state index is 11.5. The first-order valence-corrected chi connectivity index (χ1v) is 5.17. The average molecular weight is 200 g/mol. The second-order valence-corrected chi connectivity index (χ2v) is 4.83. The first-order valence-electron chi connectivity index (χ1n) is 5.17. The minimum Gasteiger partial charge on any atom is -0.443 e. The highest BCUT2D eigenvalue weighted by Crippen LogP contribution is 2.22. The van der Waals surface area contributed by atoms with Gasteiger partial charge in [-0.15, -0.1) is 0 Å². The Morgan fingerprint density at radius 1 is 1.36 bits per heavy atom. The molecule has 1 amide bonds. The fourth-order valence-electron chi connectivity index (χ4n) is 1.65. The smallest absolute Gasteiger partial charge is 0.424 e. The van der Waals surface area contributed by atoms with Crippen LogP contribution in [0.2, 0.25) is 0 Å². The van der Waals surface area contributed by atoms with Gasteiger partial charge in [-0.2, -0.15) is 0 Å². The number of hydrogen-bond donors (Lipinski definition) is 1. The van der Waals surface area contributed by atoms with Crippen molar-refractivity contribution in [3.8, 4) is 0 Å². The van der Waals surface area contributed by atoms with Gasteiger partial charge in [0.2, 0.25) is 0 Å². The van der Waals surface area contributed by atoms with Crippen molar-refractivity contribution in [2.75, 3.05) is 0 Å². The van der Waals surface area contributed by atoms with Crippen molar-refractivity contribution in [2.24, 2.45) is 5.84 Å². The van der Waals surface area contributed by atoms with E-state index < -0.39 is 11.7 Å². The molecule has 0 radical (unpaired) electrons. The summed E-state index contributed by atoms with van der Waals surface area (Å²) in [4.78, 5) is 11.5. The van der Waals surface area contributed by atoms with Crippen LogP contribution in [-0.4, -0.2) is 22.7 Å². The zero-order valence-corrected chi connectivity index (χ0v) is 9.25. The molecule has 4 nitrogen and oxygen atoms in total. The molecule has 1 rings (SSSR count). The summed E-state index contributed by atoms with van der Waals surface area (Å²) >= 11 is 0. The number of carbonyl (C=O) groups excluding carboxylic acids is 1. The molecule has 0 bridgehead atoms. The fraction of sp³-hybridized carbons (Fsp3) is 0.900. The molecule has 4 heteroatoms. The quantitative estimate of drug-likeness (QED) is 0.400. The molecule has 0 spiro atoms. The van der Waals surface area contributed by atoms with Gasteiger partial charge in [0.05, 0.1) is 6.04 Å². The summed E-state index contributed by atoms with van der Waals surface area (Å²) < 4.78 is 5.17. The molecule has 14 heavy (non-hydrogen) atoms. The van der Waals surface area contributed by atoms with E-state index in [4.69, 9.17) is 10.6 Å². The van der Waals surface area contributed by atoms with Gasteiger partial charge >= 0.3 is 6.09 Å². The maximum atomic E-state index is 11.5. The van der Waals surface area contributed by atoms with Gasteiger partial charge in [0.25, 0.3) is 0 Å². The molecular weight excluding hydrogens is 180 g/mol. The molecule has 0 aromatic rings. The van der Waals surface area contributed by atoms with Crippen LogP contribution in [0, 0.1) is 0 Å². The van der Waals surface area contributed by atoms with Crippen molar-refractivity contribution in [2.45, 2.75) is 58.1 Å². The number of hydrogen-bond acceptors (Lipinski definition) is 3. The number of nitrogens with zero attached hydrogens (tertiary/aromatic N) is 1. The van der Waals surface area contributed by atoms with E-state index in [0.29, 0.717) is 0 Å². The molecule has 0 unspecified atom stereocenters. The van der Waals surface area contributed by atoms with Gasteiger partial charge in [0.1, 0.15) is 5.60 Å². The summed E-state index contributed by atoms with van der Waals surface area (Å²) in [6, 6.07) is 0.171. The highest BCUT2D eigenvalue weighted by atomic mass is 16.6. The minimum absolute atomic E-state index is 0.171. The molecule has 82 valence electrons. The second kappa shape index (κ2) is 4.17. The minimum atomic E-state index is -0.465. The Bertz CT molecular complexity index is 205. The van der Waals surface area contributed by atoms with Gasteiger partial charge in [-0.05, 0) is 33.6 Å². The summed E-state index contributed by atoms with van der Waals surface area (Å²) in [5, 5.41) is 1.25. The van der Waals surface area contributed by atoms with Crippen LogP contribution in [0.3, 0.4) is 0 Å². The molecule has 0 aliphatic heterocycles. The predicted molar refractivity (Wildman–Crippen MR) is 54.5 cm³/mol. The third-order valence-electron chi connectivity index (χ3n) is 2.32. The van der Waals surface area contributed by atoms with Gasteiger partial charge in [-0.3, -0.25) is 0 Å². The van der Waals surface area contributed by atoms with Crippen molar-refractivity contribution in [1.29, 1.82) is 0 Å². The van der Waals surface area contributed by atoms with E-state index in [1.807, 2.05) is 20.8 Å². The summed E-state index contributed by atoms with van der Waals surface area (Å²) in [7, 11) is 0. The van der Waals surface area contributed by atoms with Crippen molar-refractivity contribution in [1.82, 2.24) is 5.01 Å². The number of hydrazine groups is 1. The molecule has 0 aromatic carbocycles. The molecule has 0 saturated heterocycles. The third-order valence-corrected chi connectivity index (χ3v) is 2.32. The molecule has 0 atom stereocenters. The normalized spacial score (nSPS) is 18.3. The van der Waals surface area contributed by atoms with Crippen molar-refractivity contribution in [3.05, 3.63) is 0 Å². The van der Waals surface area contributed by atoms with Crippen LogP contribution in [0.4, 0.5) is 4.79 Å². The lowest BCUT2D eigenvalue weighted by atomic mass is 10.2. The molecular formula is C10H20N2O2. The van der Waals surface area contributed by atoms with Crippen LogP contribution in [0.5, 0.6) is 0 Å². The highest BCUT2D eigenvalue weighted by molar-refractivity contribution is 5.67. The Balaban J connectivity index is 2.43. The zero-order valence-electron chi connectivity index (χ0n) is 9.25. The molecule has 1 aliphatic rings. The maximum Gasteiger partial charge on any atom is 0.424 e. The molecule has 0 aromatic heterocycles. The summed E-state index contributed by atoms with van der Waals surface area (Å²) in [5.41, 5.74) is -0.465. The lowest BCUT2D eigenvalue weighted by Crippen LogP contribution is -2.46. The van der Waals surface area contributed by atoms with Crippen LogP contribution < -0.4 is 5.84 Å². The van der Waals surface area contributed by atoms with E-state index in [0.717, 1.165) is 25.7 Å².